The first-order chi connectivity index (χ1) is 18.3. The summed E-state index contributed by atoms with van der Waals surface area (Å²) < 4.78 is 5.53. The van der Waals surface area contributed by atoms with Crippen molar-refractivity contribution in [3.8, 4) is 11.3 Å². The molecule has 0 spiro atoms. The molecule has 0 fully saturated rings. The third kappa shape index (κ3) is 5.05. The number of fused-ring (bicyclic) bond motifs is 2. The minimum atomic E-state index is -0.376. The van der Waals surface area contributed by atoms with Crippen LogP contribution < -0.4 is 5.32 Å². The number of amides is 1. The third-order valence-electron chi connectivity index (χ3n) is 6.93. The van der Waals surface area contributed by atoms with E-state index in [-0.39, 0.29) is 11.9 Å². The summed E-state index contributed by atoms with van der Waals surface area (Å²) in [4.78, 5) is 33.1. The summed E-state index contributed by atoms with van der Waals surface area (Å²) in [5.74, 6) is -0.148. The summed E-state index contributed by atoms with van der Waals surface area (Å²) in [6, 6.07) is 12.8. The predicted octanol–water partition coefficient (Wildman–Crippen LogP) is 8.52. The lowest BCUT2D eigenvalue weighted by molar-refractivity contribution is 0.0505. The monoisotopic (exact) mass is 566 g/mol. The quantitative estimate of drug-likeness (QED) is 0.237. The van der Waals surface area contributed by atoms with E-state index in [0.29, 0.717) is 61.0 Å². The molecule has 0 aliphatic heterocycles. The van der Waals surface area contributed by atoms with Crippen LogP contribution in [0.5, 0.6) is 0 Å². The zero-order chi connectivity index (χ0) is 27.0. The van der Waals surface area contributed by atoms with Crippen molar-refractivity contribution in [3.63, 3.8) is 0 Å². The van der Waals surface area contributed by atoms with Crippen molar-refractivity contribution in [2.75, 3.05) is 11.9 Å². The normalized spacial score (nSPS) is 14.8. The molecule has 38 heavy (non-hydrogen) atoms. The maximum Gasteiger partial charge on any atom is 0.341 e. The van der Waals surface area contributed by atoms with Gasteiger partial charge in [0.05, 0.1) is 34.0 Å². The van der Waals surface area contributed by atoms with Gasteiger partial charge in [0.2, 0.25) is 0 Å². The Bertz CT molecular complexity index is 1560. The Morgan fingerprint density at radius 3 is 2.71 bits per heavy atom. The number of aromatic nitrogens is 1. The van der Waals surface area contributed by atoms with Gasteiger partial charge >= 0.3 is 5.97 Å². The molecule has 0 saturated heterocycles. The Balaban J connectivity index is 1.62. The maximum absolute atomic E-state index is 14.0. The highest BCUT2D eigenvalue weighted by Crippen LogP contribution is 2.41. The minimum absolute atomic E-state index is 0.302. The van der Waals surface area contributed by atoms with Crippen LogP contribution in [0.2, 0.25) is 10.0 Å². The molecule has 5 rings (SSSR count). The summed E-state index contributed by atoms with van der Waals surface area (Å²) in [6.45, 7) is 6.38. The summed E-state index contributed by atoms with van der Waals surface area (Å²) in [5, 5.41) is 5.33. The number of hydrogen-bond donors (Lipinski definition) is 1. The number of thiophene rings is 1. The molecule has 196 valence electrons. The van der Waals surface area contributed by atoms with Gasteiger partial charge in [0.25, 0.3) is 5.91 Å². The molecule has 0 radical (unpaired) electrons. The lowest BCUT2D eigenvalue weighted by Gasteiger charge is -2.18. The number of para-hydroxylation sites is 1. The fraction of sp³-hybridized carbons (Fsp3) is 0.300. The molecule has 0 saturated carbocycles. The van der Waals surface area contributed by atoms with Gasteiger partial charge in [0.15, 0.2) is 0 Å². The van der Waals surface area contributed by atoms with Crippen LogP contribution in [0.1, 0.15) is 63.4 Å². The lowest BCUT2D eigenvalue weighted by Crippen LogP contribution is -2.18. The average molecular weight is 568 g/mol. The van der Waals surface area contributed by atoms with Crippen molar-refractivity contribution in [3.05, 3.63) is 79.6 Å². The highest BCUT2D eigenvalue weighted by Gasteiger charge is 2.30. The van der Waals surface area contributed by atoms with Crippen LogP contribution in [0.15, 0.2) is 42.5 Å². The maximum atomic E-state index is 14.0. The second-order valence-corrected chi connectivity index (χ2v) is 11.7. The molecule has 5 nitrogen and oxygen atoms in total. The SMILES string of the molecule is CCCOC(=O)c1c(NC(=O)c2c(C)c(-c3ccc(Cl)cc3Cl)nc3ccccc23)sc2c1CC[C@@H](C)C2. The Hall–Kier alpha value is -2.93. The summed E-state index contributed by atoms with van der Waals surface area (Å²) >= 11 is 14.2. The number of esters is 1. The van der Waals surface area contributed by atoms with Crippen LogP contribution in [0, 0.1) is 12.8 Å². The molecule has 2 aromatic heterocycles. The Kier molecular flexibility index (Phi) is 7.75. The van der Waals surface area contributed by atoms with Gasteiger partial charge in [-0.15, -0.1) is 11.3 Å². The second kappa shape index (κ2) is 11.0. The number of carbonyl (C=O) groups is 2. The van der Waals surface area contributed by atoms with Gasteiger partial charge in [-0.3, -0.25) is 4.79 Å². The van der Waals surface area contributed by atoms with Crippen LogP contribution in [-0.4, -0.2) is 23.5 Å². The van der Waals surface area contributed by atoms with Crippen LogP contribution in [-0.2, 0) is 17.6 Å². The van der Waals surface area contributed by atoms with E-state index >= 15 is 0 Å². The molecule has 1 aliphatic rings. The first kappa shape index (κ1) is 26.7. The third-order valence-corrected chi connectivity index (χ3v) is 8.65. The number of pyridine rings is 1. The number of nitrogens with one attached hydrogen (secondary N) is 1. The van der Waals surface area contributed by atoms with E-state index in [1.54, 1.807) is 12.1 Å². The van der Waals surface area contributed by atoms with Gasteiger partial charge in [-0.1, -0.05) is 55.2 Å². The molecule has 0 unspecified atom stereocenters. The van der Waals surface area contributed by atoms with Crippen molar-refractivity contribution in [1.82, 2.24) is 4.98 Å². The molecular weight excluding hydrogens is 539 g/mol. The van der Waals surface area contributed by atoms with E-state index < -0.39 is 0 Å². The van der Waals surface area contributed by atoms with Crippen molar-refractivity contribution >= 4 is 62.3 Å². The summed E-state index contributed by atoms with van der Waals surface area (Å²) in [7, 11) is 0. The van der Waals surface area contributed by atoms with Crippen molar-refractivity contribution in [2.45, 2.75) is 46.5 Å². The molecule has 1 N–H and O–H groups in total. The van der Waals surface area contributed by atoms with Gasteiger partial charge < -0.3 is 10.1 Å². The van der Waals surface area contributed by atoms with Crippen molar-refractivity contribution < 1.29 is 14.3 Å². The minimum Gasteiger partial charge on any atom is -0.462 e. The van der Waals surface area contributed by atoms with E-state index in [9.17, 15) is 9.59 Å². The molecule has 0 bridgehead atoms. The first-order valence-electron chi connectivity index (χ1n) is 12.8. The number of anilines is 1. The molecule has 2 heterocycles. The number of halogens is 2. The van der Waals surface area contributed by atoms with Crippen LogP contribution in [0.3, 0.4) is 0 Å². The van der Waals surface area contributed by atoms with Crippen molar-refractivity contribution in [2.24, 2.45) is 5.92 Å². The van der Waals surface area contributed by atoms with Crippen molar-refractivity contribution in [1.29, 1.82) is 0 Å². The number of rotatable bonds is 6. The molecule has 2 aromatic carbocycles. The van der Waals surface area contributed by atoms with E-state index in [1.165, 1.54) is 11.3 Å². The number of nitrogens with zero attached hydrogens (tertiary/aromatic N) is 1. The molecule has 4 aromatic rings. The van der Waals surface area contributed by atoms with E-state index in [4.69, 9.17) is 32.9 Å². The zero-order valence-electron chi connectivity index (χ0n) is 21.5. The molecule has 1 amide bonds. The van der Waals surface area contributed by atoms with Gasteiger partial charge in [0, 0.05) is 20.8 Å². The molecule has 1 aliphatic carbocycles. The second-order valence-electron chi connectivity index (χ2n) is 9.75. The molecular formula is C30H28Cl2N2O3S. The fourth-order valence-corrected chi connectivity index (χ4v) is 6.92. The van der Waals surface area contributed by atoms with E-state index in [0.717, 1.165) is 41.5 Å². The topological polar surface area (TPSA) is 68.3 Å². The van der Waals surface area contributed by atoms with Gasteiger partial charge in [0.1, 0.15) is 5.00 Å². The number of benzene rings is 2. The zero-order valence-corrected chi connectivity index (χ0v) is 23.8. The smallest absolute Gasteiger partial charge is 0.341 e. The van der Waals surface area contributed by atoms with Crippen LogP contribution in [0.25, 0.3) is 22.2 Å². The summed E-state index contributed by atoms with van der Waals surface area (Å²) in [6.07, 6.45) is 3.43. The van der Waals surface area contributed by atoms with Crippen LogP contribution >= 0.6 is 34.5 Å². The highest BCUT2D eigenvalue weighted by atomic mass is 35.5. The Labute approximate surface area is 236 Å². The number of ether oxygens (including phenoxy) is 1. The van der Waals surface area contributed by atoms with E-state index in [1.807, 2.05) is 44.2 Å². The largest absolute Gasteiger partial charge is 0.462 e. The van der Waals surface area contributed by atoms with E-state index in [2.05, 4.69) is 12.2 Å². The van der Waals surface area contributed by atoms with Gasteiger partial charge in [-0.05, 0) is 73.9 Å². The molecule has 1 atom stereocenters. The number of hydrogen-bond acceptors (Lipinski definition) is 5. The summed E-state index contributed by atoms with van der Waals surface area (Å²) in [5.41, 5.74) is 4.66. The standard InChI is InChI=1S/C30H28Cl2N2O3S/c1-4-13-37-30(36)26-21-11-9-16(2)14-24(21)38-29(26)34-28(35)25-17(3)27(19-12-10-18(31)15-22(19)32)33-23-8-6-5-7-20(23)25/h5-8,10,12,15-16H,4,9,11,13-14H2,1-3H3,(H,34,35)/t16-/m1/s1. The predicted molar refractivity (Wildman–Crippen MR) is 156 cm³/mol. The Morgan fingerprint density at radius 2 is 1.95 bits per heavy atom. The van der Waals surface area contributed by atoms with Gasteiger partial charge in [-0.25, -0.2) is 9.78 Å². The molecule has 8 heteroatoms. The lowest BCUT2D eigenvalue weighted by atomic mass is 9.88. The highest BCUT2D eigenvalue weighted by molar-refractivity contribution is 7.17. The average Bonchev–Trinajstić information content (AvgIpc) is 3.23. The van der Waals surface area contributed by atoms with Crippen LogP contribution in [0.4, 0.5) is 5.00 Å². The number of carbonyl (C=O) groups excluding carboxylic acids is 2. The first-order valence-corrected chi connectivity index (χ1v) is 14.3. The Morgan fingerprint density at radius 1 is 1.16 bits per heavy atom. The fourth-order valence-electron chi connectivity index (χ4n) is 5.03. The van der Waals surface area contributed by atoms with Gasteiger partial charge in [-0.2, -0.15) is 0 Å².